The van der Waals surface area contributed by atoms with Crippen molar-refractivity contribution in [3.63, 3.8) is 0 Å². The van der Waals surface area contributed by atoms with E-state index in [2.05, 4.69) is 0 Å². The van der Waals surface area contributed by atoms with Crippen molar-refractivity contribution in [1.82, 2.24) is 0 Å². The summed E-state index contributed by atoms with van der Waals surface area (Å²) in [5, 5.41) is 0. The van der Waals surface area contributed by atoms with Gasteiger partial charge in [-0.3, -0.25) is 0 Å². The topological polar surface area (TPSA) is 897 Å². The van der Waals surface area contributed by atoms with E-state index in [1.807, 2.05) is 0 Å². The summed E-state index contributed by atoms with van der Waals surface area (Å²) in [4.78, 5) is 51.3. The molecule has 36 heteroatoms. The molecular formula is H46Mg3O31P2. The van der Waals surface area contributed by atoms with Crippen molar-refractivity contribution in [2.75, 3.05) is 0 Å². The summed E-state index contributed by atoms with van der Waals surface area (Å²) in [5.41, 5.74) is 0. The summed E-state index contributed by atoms with van der Waals surface area (Å²) in [6.07, 6.45) is 0. The fraction of sp³-hybridized carbons (Fsp3) is 0. The van der Waals surface area contributed by atoms with E-state index < -0.39 is 15.6 Å². The second kappa shape index (κ2) is 251. The van der Waals surface area contributed by atoms with E-state index in [1.165, 1.54) is 0 Å². The average Bonchev–Trinajstić information content (AvgIpc) is 1.12. The van der Waals surface area contributed by atoms with Gasteiger partial charge in [-0.05, 0) is 0 Å². The third-order valence-electron chi connectivity index (χ3n) is 0. The van der Waals surface area contributed by atoms with Crippen molar-refractivity contribution in [2.24, 2.45) is 0 Å². The first kappa shape index (κ1) is 547. The molecular weight excluding hydrogens is 631 g/mol. The molecule has 46 N–H and O–H groups in total. The molecule has 0 aliphatic carbocycles. The van der Waals surface area contributed by atoms with Gasteiger partial charge in [0, 0.05) is 0 Å². The van der Waals surface area contributed by atoms with Crippen molar-refractivity contribution in [2.45, 2.75) is 0 Å². The minimum absolute atomic E-state index is 0. The molecule has 0 radical (unpaired) electrons. The van der Waals surface area contributed by atoms with Gasteiger partial charge in [0.2, 0.25) is 0 Å². The van der Waals surface area contributed by atoms with Crippen molar-refractivity contribution >= 4 is 84.8 Å². The molecule has 0 saturated carbocycles. The molecule has 0 saturated heterocycles. The number of hydrogen-bond acceptors (Lipinski definition) is 8. The minimum Gasteiger partial charge on any atom is -0.822 e. The van der Waals surface area contributed by atoms with Gasteiger partial charge in [0.25, 0.3) is 0 Å². The van der Waals surface area contributed by atoms with Crippen LogP contribution in [0.2, 0.25) is 0 Å². The molecule has 31 nitrogen and oxygen atoms in total. The molecule has 0 bridgehead atoms. The average molecular weight is 677 g/mol. The van der Waals surface area contributed by atoms with E-state index in [9.17, 15) is 0 Å². The summed E-state index contributed by atoms with van der Waals surface area (Å²) >= 11 is 0. The zero-order chi connectivity index (χ0) is 9.00. The first-order valence-corrected chi connectivity index (χ1v) is 4.38. The van der Waals surface area contributed by atoms with Gasteiger partial charge < -0.3 is 164 Å². The van der Waals surface area contributed by atoms with Crippen molar-refractivity contribution in [3.8, 4) is 0 Å². The Morgan fingerprint density at radius 2 is 0.222 bits per heavy atom. The van der Waals surface area contributed by atoms with Crippen LogP contribution in [0.5, 0.6) is 0 Å². The van der Waals surface area contributed by atoms with E-state index in [0.717, 1.165) is 0 Å². The standard InChI is InChI=1S/3Mg.2H3O4P.23H2O/c;;;2*1-5(2,3)4;;;;;;;;;;;;;;;;;;;;;;;/h;;;2*(H3,1,2,3,4);23*1H2/q3*+2;;;;;;;;;;;;;;;;;;;;;;;;;/p-6. The van der Waals surface area contributed by atoms with E-state index in [4.69, 9.17) is 38.5 Å². The Labute approximate surface area is 248 Å². The van der Waals surface area contributed by atoms with Gasteiger partial charge in [-0.1, -0.05) is 0 Å². The minimum atomic E-state index is -5.39. The monoisotopic (exact) mass is 676 g/mol. The first-order valence-electron chi connectivity index (χ1n) is 1.46. The largest absolute Gasteiger partial charge is 2.00 e. The Hall–Kier alpha value is 1.60. The second-order valence-electron chi connectivity index (χ2n) is 0.894. The molecule has 36 heavy (non-hydrogen) atoms. The molecule has 0 aliphatic heterocycles. The first-order chi connectivity index (χ1) is 4.00. The van der Waals surface area contributed by atoms with Gasteiger partial charge in [-0.15, -0.1) is 0 Å². The van der Waals surface area contributed by atoms with Gasteiger partial charge in [0.05, 0.1) is 0 Å². The number of hydrogen-bond donors (Lipinski definition) is 0. The predicted molar refractivity (Wildman–Crippen MR) is 116 cm³/mol. The number of phosphoric acid groups is 2. The third kappa shape index (κ3) is 16700. The van der Waals surface area contributed by atoms with Gasteiger partial charge >= 0.3 is 69.2 Å². The van der Waals surface area contributed by atoms with Gasteiger partial charge in [0.1, 0.15) is 0 Å². The Bertz CT molecular complexity index is 138. The molecule has 0 amide bonds. The van der Waals surface area contributed by atoms with Crippen LogP contribution < -0.4 is 29.4 Å². The maximum absolute atomic E-state index is 8.55. The SMILES string of the molecule is O.O.O.O.O.O.O.O.O.O.O.O.O.O.O.O.O.O.O.O.O.O.O.O=P([O-])([O-])[O-].O=P([O-])([O-])[O-].[Mg+2].[Mg+2].[Mg+2]. The molecule has 0 unspecified atom stereocenters. The van der Waals surface area contributed by atoms with Crippen molar-refractivity contribution < 1.29 is 164 Å². The van der Waals surface area contributed by atoms with Crippen LogP contribution in [0, 0.1) is 0 Å². The normalized spacial score (nSPS) is 3.28. The van der Waals surface area contributed by atoms with E-state index in [0.29, 0.717) is 0 Å². The van der Waals surface area contributed by atoms with Crippen LogP contribution in [0.3, 0.4) is 0 Å². The second-order valence-corrected chi connectivity index (χ2v) is 2.68. The van der Waals surface area contributed by atoms with Gasteiger partial charge in [-0.25, -0.2) is 0 Å². The summed E-state index contributed by atoms with van der Waals surface area (Å²) in [6.45, 7) is 0. The summed E-state index contributed by atoms with van der Waals surface area (Å²) in [6, 6.07) is 0. The molecule has 0 spiro atoms. The van der Waals surface area contributed by atoms with Crippen molar-refractivity contribution in [1.29, 1.82) is 0 Å². The molecule has 0 heterocycles. The maximum Gasteiger partial charge on any atom is 2.00 e. The van der Waals surface area contributed by atoms with E-state index >= 15 is 0 Å². The van der Waals surface area contributed by atoms with Gasteiger partial charge in [0.15, 0.2) is 0 Å². The van der Waals surface area contributed by atoms with Crippen LogP contribution in [-0.2, 0) is 9.13 Å². The maximum atomic E-state index is 8.55. The molecule has 0 aromatic rings. The Kier molecular flexibility index (Phi) is 3810. The summed E-state index contributed by atoms with van der Waals surface area (Å²) in [5.74, 6) is 0. The molecule has 0 aliphatic rings. The Morgan fingerprint density at radius 3 is 0.222 bits per heavy atom. The van der Waals surface area contributed by atoms with Gasteiger partial charge in [-0.2, -0.15) is 15.6 Å². The zero-order valence-corrected chi connectivity index (χ0v) is 23.8. The van der Waals surface area contributed by atoms with E-state index in [-0.39, 0.29) is 195 Å². The summed E-state index contributed by atoms with van der Waals surface area (Å²) in [7, 11) is -10.8. The van der Waals surface area contributed by atoms with Crippen LogP contribution in [0.25, 0.3) is 0 Å². The van der Waals surface area contributed by atoms with Crippen molar-refractivity contribution in [3.05, 3.63) is 0 Å². The molecule has 0 rings (SSSR count). The molecule has 248 valence electrons. The Morgan fingerprint density at radius 1 is 0.222 bits per heavy atom. The molecule has 0 fully saturated rings. The van der Waals surface area contributed by atoms with Crippen LogP contribution in [0.4, 0.5) is 0 Å². The van der Waals surface area contributed by atoms with Crippen LogP contribution >= 0.6 is 15.6 Å². The molecule has 0 atom stereocenters. The number of rotatable bonds is 0. The molecule has 0 aromatic carbocycles. The fourth-order valence-corrected chi connectivity index (χ4v) is 0. The van der Waals surface area contributed by atoms with Crippen LogP contribution in [0.15, 0.2) is 0 Å². The smallest absolute Gasteiger partial charge is 0.822 e. The Balaban J connectivity index is -0.000000000794. The van der Waals surface area contributed by atoms with E-state index in [1.54, 1.807) is 0 Å². The third-order valence-corrected chi connectivity index (χ3v) is 0. The fourth-order valence-electron chi connectivity index (χ4n) is 0. The quantitative estimate of drug-likeness (QED) is 0.174. The van der Waals surface area contributed by atoms with Crippen LogP contribution in [0.1, 0.15) is 0 Å². The predicted octanol–water partition coefficient (Wildman–Crippen LogP) is -25.8. The summed E-state index contributed by atoms with van der Waals surface area (Å²) < 4.78 is 17.1. The molecule has 0 aromatic heterocycles. The zero-order valence-electron chi connectivity index (χ0n) is 17.8. The van der Waals surface area contributed by atoms with Crippen LogP contribution in [-0.4, -0.2) is 195 Å².